The highest BCUT2D eigenvalue weighted by molar-refractivity contribution is 5.55. The number of aldehydes is 1. The van der Waals surface area contributed by atoms with Crippen molar-refractivity contribution in [3.8, 4) is 0 Å². The summed E-state index contributed by atoms with van der Waals surface area (Å²) in [6.45, 7) is 2.13. The van der Waals surface area contributed by atoms with E-state index < -0.39 is 6.10 Å². The molecule has 0 saturated carbocycles. The molecule has 1 rings (SSSR count). The minimum absolute atomic E-state index is 0.269. The topological polar surface area (TPSA) is 37.3 Å². The fourth-order valence-electron chi connectivity index (χ4n) is 1.83. The summed E-state index contributed by atoms with van der Waals surface area (Å²) in [4.78, 5) is 11.0. The molecule has 0 aliphatic rings. The van der Waals surface area contributed by atoms with Gasteiger partial charge in [-0.1, -0.05) is 56.5 Å². The molecule has 0 aromatic heterocycles. The highest BCUT2D eigenvalue weighted by Gasteiger charge is 2.19. The van der Waals surface area contributed by atoms with E-state index in [4.69, 9.17) is 0 Å². The summed E-state index contributed by atoms with van der Waals surface area (Å²) in [6.07, 6.45) is 4.25. The Hall–Kier alpha value is -1.15. The van der Waals surface area contributed by atoms with Gasteiger partial charge in [-0.05, 0) is 12.0 Å². The number of aliphatic hydroxyl groups excluding tert-OH is 1. The van der Waals surface area contributed by atoms with E-state index in [0.29, 0.717) is 0 Å². The molecule has 1 N–H and O–H groups in total. The quantitative estimate of drug-likeness (QED) is 0.566. The molecule has 0 heterocycles. The van der Waals surface area contributed by atoms with Crippen molar-refractivity contribution in [1.29, 1.82) is 0 Å². The van der Waals surface area contributed by atoms with E-state index in [9.17, 15) is 9.90 Å². The third-order valence-electron chi connectivity index (χ3n) is 2.86. The van der Waals surface area contributed by atoms with E-state index in [1.54, 1.807) is 0 Å². The molecule has 1 aromatic carbocycles. The molecule has 2 atom stereocenters. The first-order valence-electron chi connectivity index (χ1n) is 5.98. The minimum atomic E-state index is -0.657. The van der Waals surface area contributed by atoms with Crippen molar-refractivity contribution in [3.05, 3.63) is 35.9 Å². The second-order valence-corrected chi connectivity index (χ2v) is 4.15. The summed E-state index contributed by atoms with van der Waals surface area (Å²) in [6, 6.07) is 9.39. The minimum Gasteiger partial charge on any atom is -0.388 e. The average molecular weight is 220 g/mol. The van der Waals surface area contributed by atoms with Gasteiger partial charge in [-0.2, -0.15) is 0 Å². The Bertz CT molecular complexity index is 295. The first-order valence-corrected chi connectivity index (χ1v) is 5.98. The van der Waals surface area contributed by atoms with Crippen LogP contribution in [0.4, 0.5) is 0 Å². The summed E-state index contributed by atoms with van der Waals surface area (Å²) in [7, 11) is 0. The maximum atomic E-state index is 11.0. The standard InChI is InChI=1S/C14H20O2/c1-2-3-5-10-13(11-15)14(16)12-8-6-4-7-9-12/h4,6-9,11,13-14,16H,2-3,5,10H2,1H3/t13-,14-/m0/s1. The SMILES string of the molecule is CCCCC[C@@H](C=O)[C@@H](O)c1ccccc1. The van der Waals surface area contributed by atoms with Gasteiger partial charge in [0.25, 0.3) is 0 Å². The van der Waals surface area contributed by atoms with Gasteiger partial charge in [0, 0.05) is 5.92 Å². The lowest BCUT2D eigenvalue weighted by molar-refractivity contribution is -0.114. The maximum absolute atomic E-state index is 11.0. The zero-order valence-electron chi connectivity index (χ0n) is 9.80. The van der Waals surface area contributed by atoms with E-state index >= 15 is 0 Å². The molecular formula is C14H20O2. The second kappa shape index (κ2) is 7.18. The molecule has 2 nitrogen and oxygen atoms in total. The van der Waals surface area contributed by atoms with E-state index in [-0.39, 0.29) is 5.92 Å². The Morgan fingerprint density at radius 3 is 2.50 bits per heavy atom. The molecule has 0 radical (unpaired) electrons. The average Bonchev–Trinajstić information content (AvgIpc) is 2.35. The number of carbonyl (C=O) groups is 1. The molecule has 2 heteroatoms. The summed E-state index contributed by atoms with van der Waals surface area (Å²) < 4.78 is 0. The fraction of sp³-hybridized carbons (Fsp3) is 0.500. The first-order chi connectivity index (χ1) is 7.79. The lowest BCUT2D eigenvalue weighted by atomic mass is 9.92. The van der Waals surface area contributed by atoms with Crippen molar-refractivity contribution in [1.82, 2.24) is 0 Å². The van der Waals surface area contributed by atoms with Gasteiger partial charge in [0.05, 0.1) is 6.10 Å². The van der Waals surface area contributed by atoms with Crippen LogP contribution in [-0.2, 0) is 4.79 Å². The molecule has 0 aliphatic heterocycles. The van der Waals surface area contributed by atoms with Gasteiger partial charge in [-0.15, -0.1) is 0 Å². The van der Waals surface area contributed by atoms with Crippen molar-refractivity contribution in [2.24, 2.45) is 5.92 Å². The van der Waals surface area contributed by atoms with Gasteiger partial charge < -0.3 is 9.90 Å². The normalized spacial score (nSPS) is 14.4. The number of benzene rings is 1. The van der Waals surface area contributed by atoms with E-state index in [1.807, 2.05) is 30.3 Å². The second-order valence-electron chi connectivity index (χ2n) is 4.15. The predicted octanol–water partition coefficient (Wildman–Crippen LogP) is 3.12. The van der Waals surface area contributed by atoms with Crippen LogP contribution < -0.4 is 0 Å². The molecular weight excluding hydrogens is 200 g/mol. The first kappa shape index (κ1) is 12.9. The maximum Gasteiger partial charge on any atom is 0.126 e. The van der Waals surface area contributed by atoms with Crippen molar-refractivity contribution in [2.75, 3.05) is 0 Å². The summed E-state index contributed by atoms with van der Waals surface area (Å²) in [5.74, 6) is -0.269. The smallest absolute Gasteiger partial charge is 0.126 e. The van der Waals surface area contributed by atoms with E-state index in [1.165, 1.54) is 0 Å². The largest absolute Gasteiger partial charge is 0.388 e. The molecule has 0 aliphatic carbocycles. The number of hydrogen-bond donors (Lipinski definition) is 1. The number of hydrogen-bond acceptors (Lipinski definition) is 2. The third-order valence-corrected chi connectivity index (χ3v) is 2.86. The van der Waals surface area contributed by atoms with Gasteiger partial charge in [-0.25, -0.2) is 0 Å². The third kappa shape index (κ3) is 3.78. The Morgan fingerprint density at radius 1 is 1.25 bits per heavy atom. The monoisotopic (exact) mass is 220 g/mol. The van der Waals surface area contributed by atoms with Crippen LogP contribution >= 0.6 is 0 Å². The highest BCUT2D eigenvalue weighted by atomic mass is 16.3. The number of unbranched alkanes of at least 4 members (excludes halogenated alkanes) is 2. The number of rotatable bonds is 7. The fourth-order valence-corrected chi connectivity index (χ4v) is 1.83. The Morgan fingerprint density at radius 2 is 1.94 bits per heavy atom. The van der Waals surface area contributed by atoms with Crippen molar-refractivity contribution in [2.45, 2.75) is 38.7 Å². The molecule has 0 amide bonds. The van der Waals surface area contributed by atoms with Gasteiger partial charge in [-0.3, -0.25) is 0 Å². The van der Waals surface area contributed by atoms with Gasteiger partial charge >= 0.3 is 0 Å². The summed E-state index contributed by atoms with van der Waals surface area (Å²) in [5, 5.41) is 10.0. The molecule has 0 unspecified atom stereocenters. The van der Waals surface area contributed by atoms with Gasteiger partial charge in [0.1, 0.15) is 6.29 Å². The molecule has 0 bridgehead atoms. The number of aliphatic hydroxyl groups is 1. The van der Waals surface area contributed by atoms with Crippen LogP contribution in [0.5, 0.6) is 0 Å². The van der Waals surface area contributed by atoms with Crippen LogP contribution in [0.2, 0.25) is 0 Å². The highest BCUT2D eigenvalue weighted by Crippen LogP contribution is 2.24. The summed E-state index contributed by atoms with van der Waals surface area (Å²) in [5.41, 5.74) is 0.830. The van der Waals surface area contributed by atoms with Crippen LogP contribution in [0.25, 0.3) is 0 Å². The van der Waals surface area contributed by atoms with Crippen LogP contribution in [0, 0.1) is 5.92 Å². The van der Waals surface area contributed by atoms with E-state index in [2.05, 4.69) is 6.92 Å². The molecule has 0 spiro atoms. The van der Waals surface area contributed by atoms with Crippen molar-refractivity contribution < 1.29 is 9.90 Å². The van der Waals surface area contributed by atoms with Crippen LogP contribution in [0.15, 0.2) is 30.3 Å². The predicted molar refractivity (Wildman–Crippen MR) is 65.1 cm³/mol. The van der Waals surface area contributed by atoms with Gasteiger partial charge in [0.2, 0.25) is 0 Å². The van der Waals surface area contributed by atoms with Crippen LogP contribution in [0.3, 0.4) is 0 Å². The van der Waals surface area contributed by atoms with Crippen LogP contribution in [-0.4, -0.2) is 11.4 Å². The Balaban J connectivity index is 2.55. The molecule has 1 aromatic rings. The molecule has 0 fully saturated rings. The van der Waals surface area contributed by atoms with Crippen LogP contribution in [0.1, 0.15) is 44.3 Å². The molecule has 16 heavy (non-hydrogen) atoms. The molecule has 88 valence electrons. The zero-order valence-corrected chi connectivity index (χ0v) is 9.80. The Kier molecular flexibility index (Phi) is 5.79. The van der Waals surface area contributed by atoms with Crippen molar-refractivity contribution in [3.63, 3.8) is 0 Å². The number of carbonyl (C=O) groups excluding carboxylic acids is 1. The lowest BCUT2D eigenvalue weighted by Crippen LogP contribution is -2.14. The Labute approximate surface area is 97.3 Å². The lowest BCUT2D eigenvalue weighted by Gasteiger charge is -2.17. The zero-order chi connectivity index (χ0) is 11.8. The molecule has 0 saturated heterocycles. The van der Waals surface area contributed by atoms with E-state index in [0.717, 1.165) is 37.5 Å². The van der Waals surface area contributed by atoms with Crippen molar-refractivity contribution >= 4 is 6.29 Å². The summed E-state index contributed by atoms with van der Waals surface area (Å²) >= 11 is 0. The van der Waals surface area contributed by atoms with Gasteiger partial charge in [0.15, 0.2) is 0 Å².